The summed E-state index contributed by atoms with van der Waals surface area (Å²) in [6.45, 7) is 9.69. The molecule has 0 saturated heterocycles. The first-order valence-electron chi connectivity index (χ1n) is 9.80. The summed E-state index contributed by atoms with van der Waals surface area (Å²) < 4.78 is 17.6. The Bertz CT molecular complexity index is 1020. The molecule has 0 radical (unpaired) electrons. The van der Waals surface area contributed by atoms with E-state index >= 15 is 0 Å². The van der Waals surface area contributed by atoms with E-state index in [4.69, 9.17) is 13.9 Å². The lowest BCUT2D eigenvalue weighted by Crippen LogP contribution is -2.33. The van der Waals surface area contributed by atoms with Crippen LogP contribution in [0.1, 0.15) is 68.9 Å². The number of methoxy groups -OCH3 is 1. The van der Waals surface area contributed by atoms with Crippen LogP contribution >= 0.6 is 0 Å². The zero-order valence-corrected chi connectivity index (χ0v) is 17.5. The minimum absolute atomic E-state index is 0.200. The summed E-state index contributed by atoms with van der Waals surface area (Å²) in [5, 5.41) is 0.720. The Morgan fingerprint density at radius 1 is 1.36 bits per heavy atom. The van der Waals surface area contributed by atoms with Crippen molar-refractivity contribution < 1.29 is 18.7 Å². The van der Waals surface area contributed by atoms with Crippen molar-refractivity contribution in [3.8, 4) is 11.5 Å². The Morgan fingerprint density at radius 2 is 2.07 bits per heavy atom. The van der Waals surface area contributed by atoms with Gasteiger partial charge in [-0.05, 0) is 58.1 Å². The highest BCUT2D eigenvalue weighted by molar-refractivity contribution is 6.18. The summed E-state index contributed by atoms with van der Waals surface area (Å²) in [5.41, 5.74) is 2.03. The van der Waals surface area contributed by atoms with Crippen LogP contribution < -0.4 is 15.1 Å². The van der Waals surface area contributed by atoms with E-state index in [1.165, 1.54) is 13.2 Å². The van der Waals surface area contributed by atoms with Gasteiger partial charge in [-0.25, -0.2) is 4.79 Å². The highest BCUT2D eigenvalue weighted by Crippen LogP contribution is 2.47. The third kappa shape index (κ3) is 3.34. The van der Waals surface area contributed by atoms with Crippen molar-refractivity contribution >= 4 is 16.8 Å². The molecular formula is C23H28O5. The standard InChI is InChI=1S/C23H28O5/c1-7-9-14-12-16(24)27-22-17(14)21-15(10-11-23(4,5)28-21)20(26-6)18(22)19(25)13(3)8-2/h8,12H,7,9-11H2,1-6H3/b13-8+. The number of ketones is 1. The topological polar surface area (TPSA) is 65.7 Å². The predicted octanol–water partition coefficient (Wildman–Crippen LogP) is 5.01. The molecule has 2 aromatic rings. The van der Waals surface area contributed by atoms with E-state index in [1.807, 2.05) is 20.8 Å². The molecule has 0 N–H and O–H groups in total. The number of fused-ring (bicyclic) bond motifs is 3. The first-order valence-corrected chi connectivity index (χ1v) is 9.80. The third-order valence-corrected chi connectivity index (χ3v) is 5.37. The Labute approximate surface area is 165 Å². The minimum atomic E-state index is -0.472. The summed E-state index contributed by atoms with van der Waals surface area (Å²) in [4.78, 5) is 25.5. The molecule has 0 aliphatic carbocycles. The molecule has 0 unspecified atom stereocenters. The van der Waals surface area contributed by atoms with Gasteiger partial charge in [0.25, 0.3) is 0 Å². The second kappa shape index (κ2) is 7.46. The molecule has 0 spiro atoms. The maximum absolute atomic E-state index is 13.2. The molecule has 0 bridgehead atoms. The number of rotatable bonds is 5. The molecule has 3 rings (SSSR count). The van der Waals surface area contributed by atoms with Crippen LogP contribution in [-0.4, -0.2) is 18.5 Å². The van der Waals surface area contributed by atoms with E-state index < -0.39 is 5.63 Å². The molecule has 2 heterocycles. The van der Waals surface area contributed by atoms with Crippen LogP contribution in [0.5, 0.6) is 11.5 Å². The van der Waals surface area contributed by atoms with Crippen molar-refractivity contribution in [2.45, 2.75) is 65.9 Å². The summed E-state index contributed by atoms with van der Waals surface area (Å²) in [5.74, 6) is 0.916. The molecule has 0 fully saturated rings. The molecule has 1 aliphatic rings. The van der Waals surface area contributed by atoms with Crippen LogP contribution in [0.15, 0.2) is 26.9 Å². The number of hydrogen-bond acceptors (Lipinski definition) is 5. The van der Waals surface area contributed by atoms with Gasteiger partial charge in [0.1, 0.15) is 22.7 Å². The highest BCUT2D eigenvalue weighted by Gasteiger charge is 2.35. The zero-order valence-electron chi connectivity index (χ0n) is 17.5. The molecule has 150 valence electrons. The number of aryl methyl sites for hydroxylation is 1. The molecule has 5 heteroatoms. The lowest BCUT2D eigenvalue weighted by Gasteiger charge is -2.35. The molecular weight excluding hydrogens is 356 g/mol. The number of hydrogen-bond donors (Lipinski definition) is 0. The Balaban J connectivity index is 2.53. The third-order valence-electron chi connectivity index (χ3n) is 5.37. The van der Waals surface area contributed by atoms with E-state index in [-0.39, 0.29) is 17.0 Å². The lowest BCUT2D eigenvalue weighted by molar-refractivity contribution is 0.0855. The number of carbonyl (C=O) groups excluding carboxylic acids is 1. The van der Waals surface area contributed by atoms with Crippen molar-refractivity contribution in [1.29, 1.82) is 0 Å². The molecule has 0 amide bonds. The van der Waals surface area contributed by atoms with Crippen LogP contribution in [0, 0.1) is 0 Å². The van der Waals surface area contributed by atoms with Crippen molar-refractivity contribution in [3.05, 3.63) is 44.8 Å². The average molecular weight is 384 g/mol. The number of allylic oxidation sites excluding steroid dienone is 2. The van der Waals surface area contributed by atoms with Gasteiger partial charge in [0.05, 0.1) is 12.5 Å². The van der Waals surface area contributed by atoms with Gasteiger partial charge in [0.2, 0.25) is 0 Å². The number of carbonyl (C=O) groups is 1. The fraction of sp³-hybridized carbons (Fsp3) is 0.478. The number of Topliss-reactive ketones (excluding diaryl/α,β-unsaturated/α-hetero) is 1. The maximum Gasteiger partial charge on any atom is 0.336 e. The average Bonchev–Trinajstić information content (AvgIpc) is 2.64. The van der Waals surface area contributed by atoms with Crippen molar-refractivity contribution in [2.75, 3.05) is 7.11 Å². The quantitative estimate of drug-likeness (QED) is 0.412. The van der Waals surface area contributed by atoms with Crippen LogP contribution in [0.4, 0.5) is 0 Å². The lowest BCUT2D eigenvalue weighted by atomic mass is 9.87. The maximum atomic E-state index is 13.2. The smallest absolute Gasteiger partial charge is 0.336 e. The molecule has 1 aromatic heterocycles. The highest BCUT2D eigenvalue weighted by atomic mass is 16.5. The molecule has 0 saturated carbocycles. The van der Waals surface area contributed by atoms with E-state index in [9.17, 15) is 9.59 Å². The zero-order chi connectivity index (χ0) is 20.6. The van der Waals surface area contributed by atoms with E-state index in [1.54, 1.807) is 13.0 Å². The Morgan fingerprint density at radius 3 is 2.68 bits per heavy atom. The second-order valence-corrected chi connectivity index (χ2v) is 7.92. The molecule has 1 aliphatic heterocycles. The summed E-state index contributed by atoms with van der Waals surface area (Å²) in [7, 11) is 1.54. The SMILES string of the molecule is C/C=C(\C)C(=O)c1c(OC)c2c(c3c(CCC)cc(=O)oc13)OC(C)(C)CC2. The van der Waals surface area contributed by atoms with E-state index in [0.29, 0.717) is 29.1 Å². The molecule has 1 aromatic carbocycles. The van der Waals surface area contributed by atoms with Gasteiger partial charge in [-0.1, -0.05) is 19.4 Å². The van der Waals surface area contributed by atoms with Gasteiger partial charge in [-0.15, -0.1) is 0 Å². The van der Waals surface area contributed by atoms with Crippen LogP contribution in [0.3, 0.4) is 0 Å². The minimum Gasteiger partial charge on any atom is -0.495 e. The molecule has 5 nitrogen and oxygen atoms in total. The van der Waals surface area contributed by atoms with Crippen molar-refractivity contribution in [2.24, 2.45) is 0 Å². The largest absolute Gasteiger partial charge is 0.495 e. The first-order chi connectivity index (χ1) is 13.2. The second-order valence-electron chi connectivity index (χ2n) is 7.92. The Kier molecular flexibility index (Phi) is 5.37. The monoisotopic (exact) mass is 384 g/mol. The summed E-state index contributed by atoms with van der Waals surface area (Å²) >= 11 is 0. The van der Waals surface area contributed by atoms with Crippen molar-refractivity contribution in [1.82, 2.24) is 0 Å². The molecule has 0 atom stereocenters. The van der Waals surface area contributed by atoms with Crippen LogP contribution in [-0.2, 0) is 12.8 Å². The summed E-state index contributed by atoms with van der Waals surface area (Å²) in [6, 6.07) is 1.51. The predicted molar refractivity (Wildman–Crippen MR) is 110 cm³/mol. The normalized spacial score (nSPS) is 15.9. The van der Waals surface area contributed by atoms with Gasteiger partial charge < -0.3 is 13.9 Å². The number of benzene rings is 1. The van der Waals surface area contributed by atoms with Gasteiger partial charge in [0.15, 0.2) is 11.4 Å². The van der Waals surface area contributed by atoms with Gasteiger partial charge in [-0.3, -0.25) is 4.79 Å². The van der Waals surface area contributed by atoms with Crippen LogP contribution in [0.25, 0.3) is 11.0 Å². The summed E-state index contributed by atoms with van der Waals surface area (Å²) in [6.07, 6.45) is 4.83. The van der Waals surface area contributed by atoms with E-state index in [2.05, 4.69) is 6.92 Å². The van der Waals surface area contributed by atoms with Crippen molar-refractivity contribution in [3.63, 3.8) is 0 Å². The van der Waals surface area contributed by atoms with Crippen LogP contribution in [0.2, 0.25) is 0 Å². The van der Waals surface area contributed by atoms with Gasteiger partial charge in [-0.2, -0.15) is 0 Å². The van der Waals surface area contributed by atoms with Gasteiger partial charge >= 0.3 is 5.63 Å². The van der Waals surface area contributed by atoms with Gasteiger partial charge in [0, 0.05) is 11.6 Å². The van der Waals surface area contributed by atoms with E-state index in [0.717, 1.165) is 35.8 Å². The fourth-order valence-electron chi connectivity index (χ4n) is 3.79. The number of ether oxygens (including phenoxy) is 2. The first kappa shape index (κ1) is 20.2. The molecule has 28 heavy (non-hydrogen) atoms. The fourth-order valence-corrected chi connectivity index (χ4v) is 3.79. The Hall–Kier alpha value is -2.56.